The van der Waals surface area contributed by atoms with Crippen LogP contribution in [0.15, 0.2) is 28.7 Å². The van der Waals surface area contributed by atoms with Crippen molar-refractivity contribution in [2.45, 2.75) is 31.8 Å². The third-order valence-corrected chi connectivity index (χ3v) is 4.23. The largest absolute Gasteiger partial charge is 0.456 e. The van der Waals surface area contributed by atoms with Gasteiger partial charge in [-0.15, -0.1) is 0 Å². The van der Waals surface area contributed by atoms with Crippen LogP contribution in [0.25, 0.3) is 11.0 Å². The molecule has 0 amide bonds. The topological polar surface area (TPSA) is 42.4 Å². The third-order valence-electron chi connectivity index (χ3n) is 4.23. The van der Waals surface area contributed by atoms with Crippen LogP contribution in [0.1, 0.15) is 32.1 Å². The number of hydrogen-bond donors (Lipinski definition) is 1. The van der Waals surface area contributed by atoms with Crippen molar-refractivity contribution < 1.29 is 8.81 Å². The molecule has 1 aromatic carbocycles. The fraction of sp³-hybridized carbons (Fsp3) is 0.467. The molecular formula is C15H21FN2O. The van der Waals surface area contributed by atoms with Crippen molar-refractivity contribution in [1.29, 1.82) is 0 Å². The number of likely N-dealkylation sites (N-methyl/N-ethyl adjacent to an activating group) is 1. The lowest BCUT2D eigenvalue weighted by molar-refractivity contribution is 0.122. The Kier molecular flexibility index (Phi) is 3.65. The molecule has 0 aliphatic carbocycles. The summed E-state index contributed by atoms with van der Waals surface area (Å²) in [6.45, 7) is 4.17. The highest BCUT2D eigenvalue weighted by atomic mass is 19.1. The van der Waals surface area contributed by atoms with Gasteiger partial charge in [-0.1, -0.05) is 19.1 Å². The van der Waals surface area contributed by atoms with Crippen molar-refractivity contribution in [2.24, 2.45) is 5.73 Å². The predicted octanol–water partition coefficient (Wildman–Crippen LogP) is 3.30. The Bertz CT molecular complexity index is 579. The monoisotopic (exact) mass is 264 g/mol. The highest BCUT2D eigenvalue weighted by Crippen LogP contribution is 2.34. The number of fused-ring (bicyclic) bond motifs is 1. The first-order valence-corrected chi connectivity index (χ1v) is 6.51. The normalized spacial score (nSPS) is 16.8. The number of para-hydroxylation sites is 1. The average Bonchev–Trinajstić information content (AvgIpc) is 2.82. The maximum absolute atomic E-state index is 13.7. The maximum Gasteiger partial charge on any atom is 0.169 e. The first-order chi connectivity index (χ1) is 8.90. The first kappa shape index (κ1) is 14.0. The van der Waals surface area contributed by atoms with Crippen molar-refractivity contribution in [3.05, 3.63) is 35.8 Å². The fourth-order valence-electron chi connectivity index (χ4n) is 2.32. The Morgan fingerprint density at radius 1 is 1.42 bits per heavy atom. The van der Waals surface area contributed by atoms with E-state index >= 15 is 0 Å². The molecule has 104 valence electrons. The number of hydrogen-bond acceptors (Lipinski definition) is 3. The van der Waals surface area contributed by atoms with E-state index in [1.807, 2.05) is 26.2 Å². The Morgan fingerprint density at radius 3 is 2.63 bits per heavy atom. The van der Waals surface area contributed by atoms with Crippen molar-refractivity contribution in [3.8, 4) is 0 Å². The van der Waals surface area contributed by atoms with Gasteiger partial charge in [-0.2, -0.15) is 0 Å². The second-order valence-electron chi connectivity index (χ2n) is 5.39. The Morgan fingerprint density at radius 2 is 2.11 bits per heavy atom. The molecule has 4 heteroatoms. The molecule has 2 aromatic rings. The lowest BCUT2D eigenvalue weighted by atomic mass is 9.87. The number of furan rings is 1. The molecule has 2 unspecified atom stereocenters. The highest BCUT2D eigenvalue weighted by Gasteiger charge is 2.35. The zero-order valence-corrected chi connectivity index (χ0v) is 11.9. The standard InChI is InChI=1S/C15H21FN2O/c1-5-15(2,18(3)4)14(17)12-9-10-7-6-8-11(16)13(10)19-12/h6-9,14H,5,17H2,1-4H3. The predicted molar refractivity (Wildman–Crippen MR) is 75.5 cm³/mol. The molecule has 2 N–H and O–H groups in total. The van der Waals surface area contributed by atoms with Crippen molar-refractivity contribution in [1.82, 2.24) is 4.90 Å². The minimum absolute atomic E-state index is 0.232. The van der Waals surface area contributed by atoms with Crippen LogP contribution in [0.2, 0.25) is 0 Å². The molecule has 0 aliphatic rings. The van der Waals surface area contributed by atoms with Crippen LogP contribution in [0.5, 0.6) is 0 Å². The summed E-state index contributed by atoms with van der Waals surface area (Å²) in [4.78, 5) is 2.08. The van der Waals surface area contributed by atoms with E-state index in [9.17, 15) is 4.39 Å². The summed E-state index contributed by atoms with van der Waals surface area (Å²) in [5.74, 6) is 0.275. The van der Waals surface area contributed by atoms with E-state index in [2.05, 4.69) is 18.7 Å². The lowest BCUT2D eigenvalue weighted by Crippen LogP contribution is -2.49. The summed E-state index contributed by atoms with van der Waals surface area (Å²) in [7, 11) is 3.99. The van der Waals surface area contributed by atoms with Gasteiger partial charge in [0.25, 0.3) is 0 Å². The van der Waals surface area contributed by atoms with Gasteiger partial charge in [0.15, 0.2) is 11.4 Å². The summed E-state index contributed by atoms with van der Waals surface area (Å²) >= 11 is 0. The zero-order valence-electron chi connectivity index (χ0n) is 11.9. The molecule has 1 aromatic heterocycles. The van der Waals surface area contributed by atoms with Gasteiger partial charge in [-0.05, 0) is 39.6 Å². The van der Waals surface area contributed by atoms with Gasteiger partial charge in [0.2, 0.25) is 0 Å². The number of halogens is 1. The second kappa shape index (κ2) is 4.94. The Labute approximate surface area is 113 Å². The lowest BCUT2D eigenvalue weighted by Gasteiger charge is -2.39. The van der Waals surface area contributed by atoms with Gasteiger partial charge in [-0.3, -0.25) is 0 Å². The molecule has 2 rings (SSSR count). The highest BCUT2D eigenvalue weighted by molar-refractivity contribution is 5.78. The van der Waals surface area contributed by atoms with Crippen LogP contribution in [-0.4, -0.2) is 24.5 Å². The summed E-state index contributed by atoms with van der Waals surface area (Å²) in [5, 5.41) is 0.752. The van der Waals surface area contributed by atoms with Crippen molar-refractivity contribution in [2.75, 3.05) is 14.1 Å². The molecule has 0 aliphatic heterocycles. The van der Waals surface area contributed by atoms with E-state index in [-0.39, 0.29) is 23.0 Å². The van der Waals surface area contributed by atoms with Crippen molar-refractivity contribution in [3.63, 3.8) is 0 Å². The number of benzene rings is 1. The molecule has 0 saturated carbocycles. The van der Waals surface area contributed by atoms with Gasteiger partial charge in [0, 0.05) is 10.9 Å². The smallest absolute Gasteiger partial charge is 0.169 e. The molecule has 2 atom stereocenters. The van der Waals surface area contributed by atoms with E-state index in [1.165, 1.54) is 6.07 Å². The van der Waals surface area contributed by atoms with Crippen LogP contribution >= 0.6 is 0 Å². The van der Waals surface area contributed by atoms with Crippen LogP contribution < -0.4 is 5.73 Å². The third kappa shape index (κ3) is 2.26. The molecule has 0 saturated heterocycles. The van der Waals surface area contributed by atoms with Gasteiger partial charge < -0.3 is 15.1 Å². The molecule has 0 fully saturated rings. The molecule has 1 heterocycles. The summed E-state index contributed by atoms with van der Waals surface area (Å²) in [6, 6.07) is 6.43. The number of nitrogens with two attached hydrogens (primary N) is 1. The molecule has 3 nitrogen and oxygen atoms in total. The van der Waals surface area contributed by atoms with E-state index < -0.39 is 0 Å². The van der Waals surface area contributed by atoms with Crippen LogP contribution in [0, 0.1) is 5.82 Å². The Hall–Kier alpha value is -1.39. The number of rotatable bonds is 4. The van der Waals surface area contributed by atoms with E-state index in [0.717, 1.165) is 11.8 Å². The Balaban J connectivity index is 2.47. The molecule has 0 bridgehead atoms. The molecular weight excluding hydrogens is 243 g/mol. The minimum atomic E-state index is -0.348. The SMILES string of the molecule is CCC(C)(C(N)c1cc2cccc(F)c2o1)N(C)C. The first-order valence-electron chi connectivity index (χ1n) is 6.51. The van der Waals surface area contributed by atoms with Crippen LogP contribution in [0.4, 0.5) is 4.39 Å². The molecule has 0 spiro atoms. The quantitative estimate of drug-likeness (QED) is 0.921. The van der Waals surface area contributed by atoms with Crippen molar-refractivity contribution >= 4 is 11.0 Å². The minimum Gasteiger partial charge on any atom is -0.456 e. The van der Waals surface area contributed by atoms with Gasteiger partial charge in [0.1, 0.15) is 5.76 Å². The second-order valence-corrected chi connectivity index (χ2v) is 5.39. The van der Waals surface area contributed by atoms with E-state index in [1.54, 1.807) is 6.07 Å². The van der Waals surface area contributed by atoms with Gasteiger partial charge >= 0.3 is 0 Å². The number of nitrogens with zero attached hydrogens (tertiary/aromatic N) is 1. The van der Waals surface area contributed by atoms with Crippen LogP contribution in [0.3, 0.4) is 0 Å². The van der Waals surface area contributed by atoms with Gasteiger partial charge in [0.05, 0.1) is 6.04 Å². The van der Waals surface area contributed by atoms with E-state index in [0.29, 0.717) is 5.76 Å². The maximum atomic E-state index is 13.7. The average molecular weight is 264 g/mol. The fourth-order valence-corrected chi connectivity index (χ4v) is 2.32. The zero-order chi connectivity index (χ0) is 14.2. The van der Waals surface area contributed by atoms with E-state index in [4.69, 9.17) is 10.2 Å². The summed E-state index contributed by atoms with van der Waals surface area (Å²) in [6.07, 6.45) is 0.876. The molecule has 0 radical (unpaired) electrons. The van der Waals surface area contributed by atoms with Gasteiger partial charge in [-0.25, -0.2) is 4.39 Å². The summed E-state index contributed by atoms with van der Waals surface area (Å²) < 4.78 is 19.3. The summed E-state index contributed by atoms with van der Waals surface area (Å²) in [5.41, 5.74) is 6.39. The van der Waals surface area contributed by atoms with Crippen LogP contribution in [-0.2, 0) is 0 Å². The molecule has 19 heavy (non-hydrogen) atoms.